The SMILES string of the molecule is COc1ccc2c(c1)[C@@H](c1ccc(Cl)c(Cl)c1)CC2=O. The molecule has 3 rings (SSSR count). The Morgan fingerprint density at radius 1 is 1.10 bits per heavy atom. The molecule has 2 aromatic carbocycles. The highest BCUT2D eigenvalue weighted by molar-refractivity contribution is 6.42. The van der Waals surface area contributed by atoms with Gasteiger partial charge in [0.2, 0.25) is 0 Å². The van der Waals surface area contributed by atoms with Crippen molar-refractivity contribution in [3.8, 4) is 5.75 Å². The van der Waals surface area contributed by atoms with Crippen LogP contribution in [0.4, 0.5) is 0 Å². The number of hydrogen-bond donors (Lipinski definition) is 0. The highest BCUT2D eigenvalue weighted by atomic mass is 35.5. The van der Waals surface area contributed by atoms with Crippen LogP contribution in [0.2, 0.25) is 10.0 Å². The normalized spacial score (nSPS) is 17.1. The Labute approximate surface area is 127 Å². The van der Waals surface area contributed by atoms with Gasteiger partial charge in [-0.2, -0.15) is 0 Å². The van der Waals surface area contributed by atoms with Crippen molar-refractivity contribution >= 4 is 29.0 Å². The van der Waals surface area contributed by atoms with Crippen molar-refractivity contribution in [2.75, 3.05) is 7.11 Å². The zero-order valence-corrected chi connectivity index (χ0v) is 12.3. The van der Waals surface area contributed by atoms with Crippen molar-refractivity contribution in [1.82, 2.24) is 0 Å². The second-order valence-corrected chi connectivity index (χ2v) is 5.62. The Kier molecular flexibility index (Phi) is 3.45. The summed E-state index contributed by atoms with van der Waals surface area (Å²) in [6.45, 7) is 0. The minimum atomic E-state index is 0.0161. The number of ether oxygens (including phenoxy) is 1. The molecule has 0 radical (unpaired) electrons. The van der Waals surface area contributed by atoms with Crippen LogP contribution in [0.1, 0.15) is 33.8 Å². The van der Waals surface area contributed by atoms with Crippen LogP contribution in [-0.2, 0) is 0 Å². The molecule has 1 aliphatic rings. The fourth-order valence-corrected chi connectivity index (χ4v) is 2.95. The van der Waals surface area contributed by atoms with Gasteiger partial charge in [0.15, 0.2) is 5.78 Å². The summed E-state index contributed by atoms with van der Waals surface area (Å²) in [7, 11) is 1.62. The molecule has 4 heteroatoms. The van der Waals surface area contributed by atoms with E-state index in [2.05, 4.69) is 0 Å². The molecule has 0 N–H and O–H groups in total. The van der Waals surface area contributed by atoms with Crippen LogP contribution in [0, 0.1) is 0 Å². The molecule has 0 heterocycles. The van der Waals surface area contributed by atoms with Crippen LogP contribution >= 0.6 is 23.2 Å². The monoisotopic (exact) mass is 306 g/mol. The van der Waals surface area contributed by atoms with Gasteiger partial charge in [0.1, 0.15) is 5.75 Å². The maximum atomic E-state index is 12.1. The van der Waals surface area contributed by atoms with Crippen LogP contribution in [0.25, 0.3) is 0 Å². The van der Waals surface area contributed by atoms with Crippen LogP contribution in [0.3, 0.4) is 0 Å². The van der Waals surface area contributed by atoms with Gasteiger partial charge < -0.3 is 4.74 Å². The number of rotatable bonds is 2. The van der Waals surface area contributed by atoms with Gasteiger partial charge in [-0.25, -0.2) is 0 Å². The fourth-order valence-electron chi connectivity index (χ4n) is 2.64. The van der Waals surface area contributed by atoms with E-state index in [-0.39, 0.29) is 11.7 Å². The molecule has 1 atom stereocenters. The molecule has 1 aliphatic carbocycles. The number of methoxy groups -OCH3 is 1. The number of hydrogen-bond acceptors (Lipinski definition) is 2. The average Bonchev–Trinajstić information content (AvgIpc) is 2.78. The molecule has 0 aromatic heterocycles. The summed E-state index contributed by atoms with van der Waals surface area (Å²) in [6, 6.07) is 11.1. The lowest BCUT2D eigenvalue weighted by Crippen LogP contribution is -1.97. The Bertz CT molecular complexity index is 695. The van der Waals surface area contributed by atoms with Gasteiger partial charge in [0.05, 0.1) is 17.2 Å². The summed E-state index contributed by atoms with van der Waals surface area (Å²) in [4.78, 5) is 12.1. The van der Waals surface area contributed by atoms with Crippen molar-refractivity contribution < 1.29 is 9.53 Å². The molecule has 102 valence electrons. The number of ketones is 1. The number of carbonyl (C=O) groups excluding carboxylic acids is 1. The van der Waals surface area contributed by atoms with Crippen LogP contribution < -0.4 is 4.74 Å². The van der Waals surface area contributed by atoms with Gasteiger partial charge in [0, 0.05) is 17.9 Å². The molecule has 0 aliphatic heterocycles. The zero-order chi connectivity index (χ0) is 14.3. The first-order valence-corrected chi connectivity index (χ1v) is 7.02. The predicted octanol–water partition coefficient (Wildman–Crippen LogP) is 4.72. The Morgan fingerprint density at radius 2 is 1.90 bits per heavy atom. The van der Waals surface area contributed by atoms with Crippen molar-refractivity contribution in [3.63, 3.8) is 0 Å². The number of halogens is 2. The summed E-state index contributed by atoms with van der Waals surface area (Å²) in [5, 5.41) is 1.03. The van der Waals surface area contributed by atoms with E-state index in [0.29, 0.717) is 16.5 Å². The van der Waals surface area contributed by atoms with E-state index >= 15 is 0 Å². The minimum absolute atomic E-state index is 0.0161. The van der Waals surface area contributed by atoms with Crippen LogP contribution in [0.15, 0.2) is 36.4 Å². The van der Waals surface area contributed by atoms with Crippen molar-refractivity contribution in [2.24, 2.45) is 0 Å². The summed E-state index contributed by atoms with van der Waals surface area (Å²) in [6.07, 6.45) is 0.459. The van der Waals surface area contributed by atoms with Gasteiger partial charge >= 0.3 is 0 Å². The minimum Gasteiger partial charge on any atom is -0.497 e. The van der Waals surface area contributed by atoms with E-state index in [1.165, 1.54) is 0 Å². The van der Waals surface area contributed by atoms with Crippen molar-refractivity contribution in [2.45, 2.75) is 12.3 Å². The summed E-state index contributed by atoms with van der Waals surface area (Å²) >= 11 is 12.0. The van der Waals surface area contributed by atoms with Gasteiger partial charge in [0.25, 0.3) is 0 Å². The number of benzene rings is 2. The smallest absolute Gasteiger partial charge is 0.164 e. The number of carbonyl (C=O) groups is 1. The summed E-state index contributed by atoms with van der Waals surface area (Å²) in [5.41, 5.74) is 2.76. The van der Waals surface area contributed by atoms with Gasteiger partial charge in [-0.3, -0.25) is 4.79 Å². The largest absolute Gasteiger partial charge is 0.497 e. The van der Waals surface area contributed by atoms with Crippen LogP contribution in [-0.4, -0.2) is 12.9 Å². The van der Waals surface area contributed by atoms with E-state index in [0.717, 1.165) is 22.4 Å². The Morgan fingerprint density at radius 3 is 2.60 bits per heavy atom. The molecule has 0 fully saturated rings. The highest BCUT2D eigenvalue weighted by Crippen LogP contribution is 2.41. The molecule has 0 amide bonds. The number of fused-ring (bicyclic) bond motifs is 1. The molecule has 2 aromatic rings. The molecule has 0 saturated heterocycles. The summed E-state index contributed by atoms with van der Waals surface area (Å²) in [5.74, 6) is 0.921. The van der Waals surface area contributed by atoms with Gasteiger partial charge in [-0.05, 0) is 41.5 Å². The first-order chi connectivity index (χ1) is 9.60. The maximum absolute atomic E-state index is 12.1. The third-order valence-corrected chi connectivity index (χ3v) is 4.41. The van der Waals surface area contributed by atoms with E-state index in [4.69, 9.17) is 27.9 Å². The molecule has 0 spiro atoms. The van der Waals surface area contributed by atoms with Gasteiger partial charge in [-0.1, -0.05) is 29.3 Å². The molecular formula is C16H12Cl2O2. The molecule has 2 nitrogen and oxygen atoms in total. The average molecular weight is 307 g/mol. The van der Waals surface area contributed by atoms with E-state index in [9.17, 15) is 4.79 Å². The fraction of sp³-hybridized carbons (Fsp3) is 0.188. The number of Topliss-reactive ketones (excluding diaryl/α,β-unsaturated/α-hetero) is 1. The molecular weight excluding hydrogens is 295 g/mol. The second kappa shape index (κ2) is 5.12. The molecule has 0 unspecified atom stereocenters. The van der Waals surface area contributed by atoms with E-state index in [1.54, 1.807) is 13.2 Å². The highest BCUT2D eigenvalue weighted by Gasteiger charge is 2.31. The Balaban J connectivity index is 2.09. The lowest BCUT2D eigenvalue weighted by Gasteiger charge is -2.13. The second-order valence-electron chi connectivity index (χ2n) is 4.81. The molecule has 0 saturated carbocycles. The van der Waals surface area contributed by atoms with E-state index < -0.39 is 0 Å². The van der Waals surface area contributed by atoms with E-state index in [1.807, 2.05) is 30.3 Å². The van der Waals surface area contributed by atoms with Crippen molar-refractivity contribution in [1.29, 1.82) is 0 Å². The topological polar surface area (TPSA) is 26.3 Å². The zero-order valence-electron chi connectivity index (χ0n) is 10.8. The van der Waals surface area contributed by atoms with Gasteiger partial charge in [-0.15, -0.1) is 0 Å². The molecule has 20 heavy (non-hydrogen) atoms. The van der Waals surface area contributed by atoms with Crippen molar-refractivity contribution in [3.05, 3.63) is 63.1 Å². The predicted molar refractivity (Wildman–Crippen MR) is 80.2 cm³/mol. The summed E-state index contributed by atoms with van der Waals surface area (Å²) < 4.78 is 5.24. The lowest BCUT2D eigenvalue weighted by atomic mass is 9.93. The first kappa shape index (κ1) is 13.5. The third-order valence-electron chi connectivity index (χ3n) is 3.67. The first-order valence-electron chi connectivity index (χ1n) is 6.26. The third kappa shape index (κ3) is 2.19. The molecule has 0 bridgehead atoms. The Hall–Kier alpha value is -1.51. The standard InChI is InChI=1S/C16H12Cl2O2/c1-20-10-3-4-11-13(7-10)12(8-16(11)19)9-2-5-14(17)15(18)6-9/h2-7,12H,8H2,1H3/t12-/m1/s1. The maximum Gasteiger partial charge on any atom is 0.164 e. The van der Waals surface area contributed by atoms with Crippen LogP contribution in [0.5, 0.6) is 5.75 Å². The lowest BCUT2D eigenvalue weighted by molar-refractivity contribution is 0.0991. The quantitative estimate of drug-likeness (QED) is 0.802.